The summed E-state index contributed by atoms with van der Waals surface area (Å²) in [4.78, 5) is 35.0. The summed E-state index contributed by atoms with van der Waals surface area (Å²) >= 11 is 12.1. The molecule has 7 nitrogen and oxygen atoms in total. The van der Waals surface area contributed by atoms with Crippen LogP contribution in [0.15, 0.2) is 78.3 Å². The number of benzene rings is 2. The van der Waals surface area contributed by atoms with Crippen molar-refractivity contribution < 1.29 is 14.7 Å². The molecule has 0 aliphatic rings. The minimum Gasteiger partial charge on any atom is -0.480 e. The van der Waals surface area contributed by atoms with Crippen LogP contribution in [-0.4, -0.2) is 62.6 Å². The number of carboxylic acid groups (broad SMARTS) is 1. The van der Waals surface area contributed by atoms with Gasteiger partial charge in [-0.05, 0) is 63.1 Å². The van der Waals surface area contributed by atoms with Gasteiger partial charge in [0.2, 0.25) is 5.95 Å². The van der Waals surface area contributed by atoms with E-state index in [-0.39, 0.29) is 51.6 Å². The Labute approximate surface area is 248 Å². The molecular formula is C27H26Cl2N4NaO3. The number of allylic oxidation sites excluding steroid dienone is 2. The van der Waals surface area contributed by atoms with Crippen LogP contribution in [0.1, 0.15) is 43.1 Å². The molecule has 0 saturated carbocycles. The van der Waals surface area contributed by atoms with Crippen molar-refractivity contribution in [1.82, 2.24) is 15.3 Å². The minimum absolute atomic E-state index is 0. The zero-order valence-corrected chi connectivity index (χ0v) is 24.6. The van der Waals surface area contributed by atoms with E-state index in [0.29, 0.717) is 5.95 Å². The molecule has 1 unspecified atom stereocenters. The number of aliphatic carboxylic acids is 1. The van der Waals surface area contributed by atoms with Gasteiger partial charge in [-0.3, -0.25) is 9.69 Å². The van der Waals surface area contributed by atoms with Crippen LogP contribution >= 0.6 is 23.2 Å². The Morgan fingerprint density at radius 1 is 1.00 bits per heavy atom. The first-order chi connectivity index (χ1) is 17.2. The maximum absolute atomic E-state index is 12.6. The first kappa shape index (κ1) is 30.5. The van der Waals surface area contributed by atoms with Gasteiger partial charge in [0.15, 0.2) is 0 Å². The molecule has 1 heterocycles. The molecule has 37 heavy (non-hydrogen) atoms. The van der Waals surface area contributed by atoms with Crippen LogP contribution in [-0.2, 0) is 4.79 Å². The topological polar surface area (TPSA) is 95.4 Å². The summed E-state index contributed by atoms with van der Waals surface area (Å²) in [6.45, 7) is 6.06. The van der Waals surface area contributed by atoms with Crippen LogP contribution in [0.25, 0.3) is 6.08 Å². The maximum Gasteiger partial charge on any atom is 0.326 e. The number of nitrogens with zero attached hydrogens (tertiary/aromatic N) is 3. The molecule has 0 spiro atoms. The van der Waals surface area contributed by atoms with Gasteiger partial charge < -0.3 is 10.4 Å². The molecule has 2 N–H and O–H groups in total. The predicted molar refractivity (Wildman–Crippen MR) is 149 cm³/mol. The smallest absolute Gasteiger partial charge is 0.326 e. The summed E-state index contributed by atoms with van der Waals surface area (Å²) in [6.07, 6.45) is 6.96. The Morgan fingerprint density at radius 3 is 2.14 bits per heavy atom. The molecule has 3 aromatic rings. The third-order valence-corrected chi connectivity index (χ3v) is 6.07. The second-order valence-corrected chi connectivity index (χ2v) is 8.97. The molecule has 2 aromatic carbocycles. The van der Waals surface area contributed by atoms with Crippen LogP contribution < -0.4 is 10.2 Å². The molecule has 0 fully saturated rings. The molecule has 0 aliphatic carbocycles. The van der Waals surface area contributed by atoms with Crippen molar-refractivity contribution in [3.05, 3.63) is 99.4 Å². The van der Waals surface area contributed by atoms with Gasteiger partial charge in [-0.2, -0.15) is 0 Å². The first-order valence-electron chi connectivity index (χ1n) is 11.1. The molecular weight excluding hydrogens is 522 g/mol. The number of halogens is 2. The van der Waals surface area contributed by atoms with Crippen LogP contribution in [0.4, 0.5) is 11.6 Å². The number of carboxylic acids is 1. The summed E-state index contributed by atoms with van der Waals surface area (Å²) in [7, 11) is 0. The SMILES string of the molecule is CC(C)=C(C)N(c1ccc(C=CCC(NC(=O)c2c(Cl)cccc2Cl)C(=O)O)cc1)c1ncccn1.[Na]. The van der Waals surface area contributed by atoms with Crippen molar-refractivity contribution in [2.24, 2.45) is 0 Å². The fraction of sp³-hybridized carbons (Fsp3) is 0.185. The molecule has 0 saturated heterocycles. The van der Waals surface area contributed by atoms with Crippen molar-refractivity contribution in [1.29, 1.82) is 0 Å². The van der Waals surface area contributed by atoms with Gasteiger partial charge in [0.1, 0.15) is 6.04 Å². The number of carbonyl (C=O) groups is 2. The molecule has 1 amide bonds. The molecule has 1 aromatic heterocycles. The van der Waals surface area contributed by atoms with Gasteiger partial charge >= 0.3 is 5.97 Å². The number of rotatable bonds is 9. The van der Waals surface area contributed by atoms with Gasteiger partial charge in [-0.15, -0.1) is 0 Å². The fourth-order valence-corrected chi connectivity index (χ4v) is 3.90. The number of amides is 1. The van der Waals surface area contributed by atoms with Crippen LogP contribution in [0, 0.1) is 0 Å². The van der Waals surface area contributed by atoms with Crippen LogP contribution in [0.2, 0.25) is 10.0 Å². The summed E-state index contributed by atoms with van der Waals surface area (Å²) in [6, 6.07) is 13.0. The van der Waals surface area contributed by atoms with E-state index in [0.717, 1.165) is 22.5 Å². The Morgan fingerprint density at radius 2 is 1.59 bits per heavy atom. The van der Waals surface area contributed by atoms with E-state index in [1.54, 1.807) is 36.7 Å². The quantitative estimate of drug-likeness (QED) is 0.312. The minimum atomic E-state index is -1.16. The number of anilines is 2. The Balaban J connectivity index is 0.00000481. The van der Waals surface area contributed by atoms with E-state index < -0.39 is 17.9 Å². The number of nitrogens with one attached hydrogen (secondary N) is 1. The van der Waals surface area contributed by atoms with Gasteiger partial charge in [0.25, 0.3) is 5.91 Å². The van der Waals surface area contributed by atoms with Crippen molar-refractivity contribution in [2.45, 2.75) is 33.2 Å². The maximum atomic E-state index is 12.6. The fourth-order valence-electron chi connectivity index (χ4n) is 3.33. The van der Waals surface area contributed by atoms with E-state index >= 15 is 0 Å². The predicted octanol–water partition coefficient (Wildman–Crippen LogP) is 6.14. The molecule has 1 radical (unpaired) electrons. The Kier molecular flexibility index (Phi) is 11.8. The van der Waals surface area contributed by atoms with Crippen molar-refractivity contribution in [3.8, 4) is 0 Å². The number of hydrogen-bond acceptors (Lipinski definition) is 5. The van der Waals surface area contributed by atoms with E-state index in [4.69, 9.17) is 23.2 Å². The first-order valence-corrected chi connectivity index (χ1v) is 11.9. The summed E-state index contributed by atoms with van der Waals surface area (Å²) in [5.41, 5.74) is 3.95. The normalized spacial score (nSPS) is 11.4. The average molecular weight is 548 g/mol. The van der Waals surface area contributed by atoms with Gasteiger partial charge in [0, 0.05) is 53.3 Å². The van der Waals surface area contributed by atoms with Gasteiger partial charge in [0.05, 0.1) is 15.6 Å². The van der Waals surface area contributed by atoms with Crippen LogP contribution in [0.5, 0.6) is 0 Å². The Hall–Kier alpha value is -2.68. The summed E-state index contributed by atoms with van der Waals surface area (Å²) < 4.78 is 0. The molecule has 1 atom stereocenters. The average Bonchev–Trinajstić information content (AvgIpc) is 2.85. The molecule has 0 aliphatic heterocycles. The standard InChI is InChI=1S/C27H26Cl2N4O3.Na/c1-17(2)18(3)33(27-30-15-6-16-31-27)20-13-11-19(12-14-20)7-4-10-23(26(35)36)32-25(34)24-21(28)8-5-9-22(24)29;/h4-9,11-16,23H,10H2,1-3H3,(H,32,34)(H,35,36);. The number of hydrogen-bond donors (Lipinski definition) is 2. The van der Waals surface area contributed by atoms with Gasteiger partial charge in [-0.1, -0.05) is 59.1 Å². The van der Waals surface area contributed by atoms with Crippen LogP contribution in [0.3, 0.4) is 0 Å². The van der Waals surface area contributed by atoms with Gasteiger partial charge in [-0.25, -0.2) is 14.8 Å². The molecule has 10 heteroatoms. The van der Waals surface area contributed by atoms with Crippen molar-refractivity contribution in [3.63, 3.8) is 0 Å². The van der Waals surface area contributed by atoms with Crippen molar-refractivity contribution in [2.75, 3.05) is 4.90 Å². The van der Waals surface area contributed by atoms with E-state index in [1.165, 1.54) is 12.1 Å². The second kappa shape index (κ2) is 14.3. The van der Waals surface area contributed by atoms with E-state index in [1.807, 2.05) is 49.9 Å². The summed E-state index contributed by atoms with van der Waals surface area (Å²) in [5.74, 6) is -1.24. The Bertz CT molecular complexity index is 1270. The monoisotopic (exact) mass is 547 g/mol. The summed E-state index contributed by atoms with van der Waals surface area (Å²) in [5, 5.41) is 12.4. The molecule has 187 valence electrons. The largest absolute Gasteiger partial charge is 0.480 e. The third kappa shape index (κ3) is 8.15. The zero-order chi connectivity index (χ0) is 26.2. The second-order valence-electron chi connectivity index (χ2n) is 8.16. The third-order valence-electron chi connectivity index (χ3n) is 5.44. The number of aromatic nitrogens is 2. The molecule has 0 bridgehead atoms. The van der Waals surface area contributed by atoms with E-state index in [9.17, 15) is 14.7 Å². The number of carbonyl (C=O) groups excluding carboxylic acids is 1. The van der Waals surface area contributed by atoms with E-state index in [2.05, 4.69) is 15.3 Å². The van der Waals surface area contributed by atoms with Crippen molar-refractivity contribution >= 4 is 82.3 Å². The zero-order valence-electron chi connectivity index (χ0n) is 21.1. The molecule has 3 rings (SSSR count).